The molecule has 0 saturated carbocycles. The van der Waals surface area contributed by atoms with Gasteiger partial charge in [0.15, 0.2) is 0 Å². The molecule has 0 radical (unpaired) electrons. The summed E-state index contributed by atoms with van der Waals surface area (Å²) in [6, 6.07) is 12.8. The Labute approximate surface area is 158 Å². The van der Waals surface area contributed by atoms with Gasteiger partial charge in [0.1, 0.15) is 17.0 Å². The van der Waals surface area contributed by atoms with E-state index in [1.807, 2.05) is 13.8 Å². The second kappa shape index (κ2) is 8.66. The van der Waals surface area contributed by atoms with E-state index >= 15 is 0 Å². The van der Waals surface area contributed by atoms with E-state index in [1.54, 1.807) is 50.2 Å². The van der Waals surface area contributed by atoms with Crippen molar-refractivity contribution in [2.75, 3.05) is 5.32 Å². The number of carbonyl (C=O) groups is 2. The van der Waals surface area contributed by atoms with Gasteiger partial charge in [-0.2, -0.15) is 0 Å². The van der Waals surface area contributed by atoms with Crippen LogP contribution in [0.5, 0.6) is 5.75 Å². The summed E-state index contributed by atoms with van der Waals surface area (Å²) in [4.78, 5) is 25.0. The Kier molecular flexibility index (Phi) is 6.55. The van der Waals surface area contributed by atoms with Crippen LogP contribution in [0.25, 0.3) is 0 Å². The number of hydrogen-bond donors (Lipinski definition) is 2. The second-order valence-electron chi connectivity index (χ2n) is 7.08. The zero-order valence-corrected chi connectivity index (χ0v) is 16.0. The van der Waals surface area contributed by atoms with Crippen LogP contribution in [-0.4, -0.2) is 17.9 Å². The molecule has 0 aliphatic heterocycles. The number of rotatable bonds is 7. The number of nitrogens with one attached hydrogen (secondary N) is 2. The molecule has 0 aromatic heterocycles. The highest BCUT2D eigenvalue weighted by Crippen LogP contribution is 2.21. The zero-order valence-electron chi connectivity index (χ0n) is 16.0. The lowest BCUT2D eigenvalue weighted by molar-refractivity contribution is -0.138. The van der Waals surface area contributed by atoms with Gasteiger partial charge < -0.3 is 15.4 Å². The van der Waals surface area contributed by atoms with Crippen molar-refractivity contribution in [3.63, 3.8) is 0 Å². The molecule has 0 aliphatic rings. The van der Waals surface area contributed by atoms with Gasteiger partial charge in [-0.1, -0.05) is 12.1 Å². The van der Waals surface area contributed by atoms with Crippen LogP contribution in [0.2, 0.25) is 0 Å². The standard InChI is InChI=1S/C21H25FN2O3/c1-14(2)27-18-11-9-17(10-12-18)24-20(26)21(3,4)19(25)23-13-15-5-7-16(22)8-6-15/h5-12,14H,13H2,1-4H3,(H,23,25)(H,24,26). The average Bonchev–Trinajstić information content (AvgIpc) is 2.62. The first-order chi connectivity index (χ1) is 12.7. The first-order valence-electron chi connectivity index (χ1n) is 8.79. The van der Waals surface area contributed by atoms with Gasteiger partial charge in [-0.3, -0.25) is 9.59 Å². The summed E-state index contributed by atoms with van der Waals surface area (Å²) in [6.45, 7) is 7.19. The van der Waals surface area contributed by atoms with Gasteiger partial charge in [0.05, 0.1) is 6.10 Å². The molecule has 0 spiro atoms. The van der Waals surface area contributed by atoms with Gasteiger partial charge in [0.2, 0.25) is 11.8 Å². The summed E-state index contributed by atoms with van der Waals surface area (Å²) in [7, 11) is 0. The third-order valence-electron chi connectivity index (χ3n) is 3.99. The van der Waals surface area contributed by atoms with Gasteiger partial charge in [-0.15, -0.1) is 0 Å². The highest BCUT2D eigenvalue weighted by atomic mass is 19.1. The zero-order chi connectivity index (χ0) is 20.0. The molecule has 0 fully saturated rings. The summed E-state index contributed by atoms with van der Waals surface area (Å²) in [6.07, 6.45) is 0.0641. The molecule has 2 N–H and O–H groups in total. The van der Waals surface area contributed by atoms with Crippen molar-refractivity contribution in [2.45, 2.75) is 40.3 Å². The Balaban J connectivity index is 1.94. The maximum absolute atomic E-state index is 12.9. The van der Waals surface area contributed by atoms with E-state index in [0.29, 0.717) is 11.4 Å². The SMILES string of the molecule is CC(C)Oc1ccc(NC(=O)C(C)(C)C(=O)NCc2ccc(F)cc2)cc1. The Morgan fingerprint density at radius 2 is 1.59 bits per heavy atom. The Hall–Kier alpha value is -2.89. The minimum atomic E-state index is -1.27. The number of ether oxygens (including phenoxy) is 1. The van der Waals surface area contributed by atoms with Gasteiger partial charge in [-0.25, -0.2) is 4.39 Å². The summed E-state index contributed by atoms with van der Waals surface area (Å²) >= 11 is 0. The molecule has 0 aliphatic carbocycles. The van der Waals surface area contributed by atoms with Crippen LogP contribution < -0.4 is 15.4 Å². The molecule has 0 saturated heterocycles. The molecule has 2 rings (SSSR count). The topological polar surface area (TPSA) is 67.4 Å². The fraction of sp³-hybridized carbons (Fsp3) is 0.333. The van der Waals surface area contributed by atoms with Gasteiger partial charge in [0, 0.05) is 12.2 Å². The average molecular weight is 372 g/mol. The summed E-state index contributed by atoms with van der Waals surface area (Å²) in [5, 5.41) is 5.46. The van der Waals surface area contributed by atoms with E-state index in [4.69, 9.17) is 4.74 Å². The first-order valence-corrected chi connectivity index (χ1v) is 8.79. The smallest absolute Gasteiger partial charge is 0.239 e. The van der Waals surface area contributed by atoms with Crippen molar-refractivity contribution in [3.8, 4) is 5.75 Å². The molecular weight excluding hydrogens is 347 g/mol. The maximum Gasteiger partial charge on any atom is 0.239 e. The van der Waals surface area contributed by atoms with Crippen LogP contribution in [0.1, 0.15) is 33.3 Å². The van der Waals surface area contributed by atoms with Crippen molar-refractivity contribution in [3.05, 3.63) is 59.9 Å². The molecule has 2 aromatic carbocycles. The molecule has 0 bridgehead atoms. The minimum Gasteiger partial charge on any atom is -0.491 e. The van der Waals surface area contributed by atoms with Crippen molar-refractivity contribution in [2.24, 2.45) is 5.41 Å². The van der Waals surface area contributed by atoms with Gasteiger partial charge >= 0.3 is 0 Å². The maximum atomic E-state index is 12.9. The van der Waals surface area contributed by atoms with Crippen LogP contribution in [0.4, 0.5) is 10.1 Å². The van der Waals surface area contributed by atoms with Crippen LogP contribution in [-0.2, 0) is 16.1 Å². The predicted octanol–water partition coefficient (Wildman–Crippen LogP) is 3.89. The molecule has 0 unspecified atom stereocenters. The molecule has 144 valence electrons. The third kappa shape index (κ3) is 5.81. The van der Waals surface area contributed by atoms with Crippen molar-refractivity contribution in [1.29, 1.82) is 0 Å². The number of halogens is 1. The molecule has 27 heavy (non-hydrogen) atoms. The quantitative estimate of drug-likeness (QED) is 0.725. The van der Waals surface area contributed by atoms with Crippen LogP contribution in [0.3, 0.4) is 0 Å². The van der Waals surface area contributed by atoms with E-state index in [-0.39, 0.29) is 18.5 Å². The Bertz CT molecular complexity index is 784. The largest absolute Gasteiger partial charge is 0.491 e. The van der Waals surface area contributed by atoms with Gasteiger partial charge in [-0.05, 0) is 69.7 Å². The second-order valence-corrected chi connectivity index (χ2v) is 7.08. The molecule has 5 nitrogen and oxygen atoms in total. The number of amides is 2. The van der Waals surface area contributed by atoms with Crippen LogP contribution in [0, 0.1) is 11.2 Å². The number of benzene rings is 2. The van der Waals surface area contributed by atoms with Crippen molar-refractivity contribution in [1.82, 2.24) is 5.32 Å². The fourth-order valence-corrected chi connectivity index (χ4v) is 2.29. The van der Waals surface area contributed by atoms with Crippen molar-refractivity contribution >= 4 is 17.5 Å². The van der Waals surface area contributed by atoms with E-state index < -0.39 is 17.2 Å². The monoisotopic (exact) mass is 372 g/mol. The molecule has 0 heterocycles. The molecule has 2 amide bonds. The Morgan fingerprint density at radius 3 is 2.15 bits per heavy atom. The van der Waals surface area contributed by atoms with Crippen molar-refractivity contribution < 1.29 is 18.7 Å². The van der Waals surface area contributed by atoms with E-state index in [0.717, 1.165) is 5.56 Å². The lowest BCUT2D eigenvalue weighted by Crippen LogP contribution is -2.44. The van der Waals surface area contributed by atoms with Crippen LogP contribution in [0.15, 0.2) is 48.5 Å². The molecule has 2 aromatic rings. The predicted molar refractivity (Wildman–Crippen MR) is 103 cm³/mol. The van der Waals surface area contributed by atoms with E-state index in [1.165, 1.54) is 12.1 Å². The molecule has 0 atom stereocenters. The lowest BCUT2D eigenvalue weighted by atomic mass is 9.90. The number of anilines is 1. The minimum absolute atomic E-state index is 0.0641. The lowest BCUT2D eigenvalue weighted by Gasteiger charge is -2.23. The Morgan fingerprint density at radius 1 is 1.00 bits per heavy atom. The van der Waals surface area contributed by atoms with Gasteiger partial charge in [0.25, 0.3) is 0 Å². The van der Waals surface area contributed by atoms with Crippen LogP contribution >= 0.6 is 0 Å². The highest BCUT2D eigenvalue weighted by Gasteiger charge is 2.35. The summed E-state index contributed by atoms with van der Waals surface area (Å²) < 4.78 is 18.5. The summed E-state index contributed by atoms with van der Waals surface area (Å²) in [5.41, 5.74) is 0.0601. The number of carbonyl (C=O) groups excluding carboxylic acids is 2. The van der Waals surface area contributed by atoms with E-state index in [2.05, 4.69) is 10.6 Å². The molecule has 6 heteroatoms. The fourth-order valence-electron chi connectivity index (χ4n) is 2.29. The van der Waals surface area contributed by atoms with E-state index in [9.17, 15) is 14.0 Å². The third-order valence-corrected chi connectivity index (χ3v) is 3.99. The highest BCUT2D eigenvalue weighted by molar-refractivity contribution is 6.09. The summed E-state index contributed by atoms with van der Waals surface area (Å²) in [5.74, 6) is -0.463. The molecular formula is C21H25FN2O3. The first kappa shape index (κ1) is 20.4. The number of hydrogen-bond acceptors (Lipinski definition) is 3. The normalized spacial score (nSPS) is 11.2.